The highest BCUT2D eigenvalue weighted by Crippen LogP contribution is 2.31. The van der Waals surface area contributed by atoms with Crippen molar-refractivity contribution >= 4 is 21.4 Å². The summed E-state index contributed by atoms with van der Waals surface area (Å²) in [4.78, 5) is 10.2. The molecule has 0 amide bonds. The van der Waals surface area contributed by atoms with E-state index in [1.807, 2.05) is 13.8 Å². The van der Waals surface area contributed by atoms with Gasteiger partial charge in [0.1, 0.15) is 5.69 Å². The van der Waals surface area contributed by atoms with Gasteiger partial charge in [-0.2, -0.15) is 0 Å². The quantitative estimate of drug-likeness (QED) is 0.509. The summed E-state index contributed by atoms with van der Waals surface area (Å²) in [5.41, 5.74) is 5.15. The van der Waals surface area contributed by atoms with Crippen LogP contribution in [0.25, 0.3) is 0 Å². The number of nitrogens with one attached hydrogen (secondary N) is 1. The van der Waals surface area contributed by atoms with E-state index in [4.69, 9.17) is 10.9 Å². The molecule has 5 N–H and O–H groups in total. The molecule has 0 bridgehead atoms. The Morgan fingerprint density at radius 3 is 2.29 bits per heavy atom. The number of rotatable bonds is 7. The van der Waals surface area contributed by atoms with Gasteiger partial charge in [0.05, 0.1) is 9.82 Å². The summed E-state index contributed by atoms with van der Waals surface area (Å²) in [5.74, 6) is 0. The summed E-state index contributed by atoms with van der Waals surface area (Å²) >= 11 is 0. The molecule has 0 aliphatic rings. The molecule has 1 rings (SSSR count). The molecule has 0 heterocycles. The van der Waals surface area contributed by atoms with Crippen LogP contribution in [-0.4, -0.2) is 25.4 Å². The lowest BCUT2D eigenvalue weighted by atomic mass is 9.92. The normalized spacial score (nSPS) is 12.2. The topological polar surface area (TPSA) is 141 Å². The standard InChI is InChI=1S/C12H20N4O4S/c1-3-12(4-2,8-13)15-10-6-5-9(21(14,19)20)7-11(10)16(17)18/h5-7,15H,3-4,8,13H2,1-2H3,(H2,14,19,20). The molecule has 0 saturated carbocycles. The van der Waals surface area contributed by atoms with Crippen molar-refractivity contribution in [2.24, 2.45) is 10.9 Å². The molecule has 1 aromatic carbocycles. The molecular formula is C12H20N4O4S. The molecule has 8 nitrogen and oxygen atoms in total. The smallest absolute Gasteiger partial charge is 0.293 e. The maximum atomic E-state index is 11.3. The third-order valence-corrected chi connectivity index (χ3v) is 4.55. The van der Waals surface area contributed by atoms with Gasteiger partial charge in [-0.15, -0.1) is 0 Å². The van der Waals surface area contributed by atoms with Gasteiger partial charge >= 0.3 is 0 Å². The molecule has 0 aliphatic carbocycles. The van der Waals surface area contributed by atoms with Crippen molar-refractivity contribution in [1.29, 1.82) is 0 Å². The molecule has 0 aliphatic heterocycles. The van der Waals surface area contributed by atoms with Crippen LogP contribution in [0.15, 0.2) is 23.1 Å². The van der Waals surface area contributed by atoms with Crippen LogP contribution in [0.1, 0.15) is 26.7 Å². The van der Waals surface area contributed by atoms with Gasteiger partial charge in [0.2, 0.25) is 10.0 Å². The minimum Gasteiger partial charge on any atom is -0.373 e. The van der Waals surface area contributed by atoms with Crippen LogP contribution in [0.3, 0.4) is 0 Å². The molecular weight excluding hydrogens is 296 g/mol. The van der Waals surface area contributed by atoms with Gasteiger partial charge in [-0.1, -0.05) is 13.8 Å². The van der Waals surface area contributed by atoms with Crippen LogP contribution in [0.5, 0.6) is 0 Å². The summed E-state index contributed by atoms with van der Waals surface area (Å²) in [6, 6.07) is 3.52. The molecule has 0 radical (unpaired) electrons. The lowest BCUT2D eigenvalue weighted by molar-refractivity contribution is -0.384. The SMILES string of the molecule is CCC(CC)(CN)Nc1ccc(S(N)(=O)=O)cc1[N+](=O)[O-]. The highest BCUT2D eigenvalue weighted by molar-refractivity contribution is 7.89. The minimum atomic E-state index is -3.99. The van der Waals surface area contributed by atoms with Gasteiger partial charge in [-0.3, -0.25) is 10.1 Å². The van der Waals surface area contributed by atoms with Gasteiger partial charge < -0.3 is 11.1 Å². The maximum absolute atomic E-state index is 11.3. The van der Waals surface area contributed by atoms with E-state index in [0.717, 1.165) is 6.07 Å². The molecule has 21 heavy (non-hydrogen) atoms. The van der Waals surface area contributed by atoms with Crippen molar-refractivity contribution in [2.75, 3.05) is 11.9 Å². The van der Waals surface area contributed by atoms with Gasteiger partial charge in [0.15, 0.2) is 0 Å². The molecule has 118 valence electrons. The molecule has 9 heteroatoms. The van der Waals surface area contributed by atoms with E-state index in [2.05, 4.69) is 5.32 Å². The van der Waals surface area contributed by atoms with Crippen molar-refractivity contribution in [2.45, 2.75) is 37.1 Å². The predicted molar refractivity (Wildman–Crippen MR) is 80.5 cm³/mol. The highest BCUT2D eigenvalue weighted by Gasteiger charge is 2.28. The van der Waals surface area contributed by atoms with E-state index in [0.29, 0.717) is 19.4 Å². The Bertz CT molecular complexity index is 618. The first-order valence-electron chi connectivity index (χ1n) is 6.48. The molecule has 0 saturated heterocycles. The Morgan fingerprint density at radius 1 is 1.33 bits per heavy atom. The maximum Gasteiger partial charge on any atom is 0.293 e. The number of anilines is 1. The number of hydrogen-bond donors (Lipinski definition) is 3. The van der Waals surface area contributed by atoms with E-state index in [-0.39, 0.29) is 16.3 Å². The number of benzene rings is 1. The number of nitrogens with zero attached hydrogens (tertiary/aromatic N) is 1. The molecule has 1 aromatic rings. The lowest BCUT2D eigenvalue weighted by Crippen LogP contribution is -2.44. The second kappa shape index (κ2) is 6.37. The Morgan fingerprint density at radius 2 is 1.90 bits per heavy atom. The Kier molecular flexibility index (Phi) is 5.26. The summed E-state index contributed by atoms with van der Waals surface area (Å²) in [6.07, 6.45) is 1.35. The van der Waals surface area contributed by atoms with E-state index in [1.54, 1.807) is 0 Å². The Labute approximate surface area is 123 Å². The van der Waals surface area contributed by atoms with Crippen molar-refractivity contribution in [3.8, 4) is 0 Å². The summed E-state index contributed by atoms with van der Waals surface area (Å²) in [7, 11) is -3.99. The summed E-state index contributed by atoms with van der Waals surface area (Å²) in [6.45, 7) is 4.15. The third-order valence-electron chi connectivity index (χ3n) is 3.64. The number of nitrogens with two attached hydrogens (primary N) is 2. The fraction of sp³-hybridized carbons (Fsp3) is 0.500. The first-order chi connectivity index (χ1) is 9.69. The predicted octanol–water partition coefficient (Wildman–Crippen LogP) is 1.17. The number of nitro groups is 1. The van der Waals surface area contributed by atoms with E-state index < -0.39 is 20.5 Å². The first kappa shape index (κ1) is 17.3. The van der Waals surface area contributed by atoms with Crippen molar-refractivity contribution in [1.82, 2.24) is 0 Å². The second-order valence-electron chi connectivity index (χ2n) is 4.80. The molecule has 0 unspecified atom stereocenters. The summed E-state index contributed by atoms with van der Waals surface area (Å²) < 4.78 is 22.6. The van der Waals surface area contributed by atoms with Crippen LogP contribution in [0, 0.1) is 10.1 Å². The van der Waals surface area contributed by atoms with Gasteiger partial charge in [-0.05, 0) is 25.0 Å². The monoisotopic (exact) mass is 316 g/mol. The van der Waals surface area contributed by atoms with Crippen LogP contribution >= 0.6 is 0 Å². The van der Waals surface area contributed by atoms with E-state index in [9.17, 15) is 18.5 Å². The number of nitro benzene ring substituents is 1. The van der Waals surface area contributed by atoms with Crippen molar-refractivity contribution < 1.29 is 13.3 Å². The van der Waals surface area contributed by atoms with Crippen LogP contribution < -0.4 is 16.2 Å². The van der Waals surface area contributed by atoms with Crippen molar-refractivity contribution in [3.63, 3.8) is 0 Å². The van der Waals surface area contributed by atoms with E-state index in [1.165, 1.54) is 12.1 Å². The Hall–Kier alpha value is -1.71. The highest BCUT2D eigenvalue weighted by atomic mass is 32.2. The van der Waals surface area contributed by atoms with Gasteiger partial charge in [0.25, 0.3) is 5.69 Å². The zero-order valence-corrected chi connectivity index (χ0v) is 12.8. The van der Waals surface area contributed by atoms with Crippen LogP contribution in [0.4, 0.5) is 11.4 Å². The zero-order valence-electron chi connectivity index (χ0n) is 12.0. The average Bonchev–Trinajstić information content (AvgIpc) is 2.43. The Balaban J connectivity index is 3.34. The number of primary sulfonamides is 1. The third kappa shape index (κ3) is 3.90. The first-order valence-corrected chi connectivity index (χ1v) is 8.03. The van der Waals surface area contributed by atoms with E-state index >= 15 is 0 Å². The van der Waals surface area contributed by atoms with Gasteiger partial charge in [-0.25, -0.2) is 13.6 Å². The molecule has 0 atom stereocenters. The molecule has 0 spiro atoms. The van der Waals surface area contributed by atoms with Crippen LogP contribution in [-0.2, 0) is 10.0 Å². The second-order valence-corrected chi connectivity index (χ2v) is 6.36. The lowest BCUT2D eigenvalue weighted by Gasteiger charge is -2.32. The van der Waals surface area contributed by atoms with Crippen molar-refractivity contribution in [3.05, 3.63) is 28.3 Å². The summed E-state index contributed by atoms with van der Waals surface area (Å²) in [5, 5.41) is 19.2. The number of sulfonamides is 1. The van der Waals surface area contributed by atoms with Crippen LogP contribution in [0.2, 0.25) is 0 Å². The minimum absolute atomic E-state index is 0.224. The fourth-order valence-electron chi connectivity index (χ4n) is 2.00. The fourth-order valence-corrected chi connectivity index (χ4v) is 2.53. The average molecular weight is 316 g/mol. The molecule has 0 fully saturated rings. The molecule has 0 aromatic heterocycles. The van der Waals surface area contributed by atoms with Gasteiger partial charge in [0, 0.05) is 18.2 Å². The largest absolute Gasteiger partial charge is 0.373 e. The number of hydrogen-bond acceptors (Lipinski definition) is 6. The zero-order chi connectivity index (χ0) is 16.3.